The van der Waals surface area contributed by atoms with Gasteiger partial charge < -0.3 is 5.73 Å². The van der Waals surface area contributed by atoms with Crippen LogP contribution in [0.4, 0.5) is 0 Å². The Labute approximate surface area is 122 Å². The molecular formula is C19H25N. The van der Waals surface area contributed by atoms with Gasteiger partial charge in [-0.2, -0.15) is 0 Å². The summed E-state index contributed by atoms with van der Waals surface area (Å²) in [4.78, 5) is 0. The Kier molecular flexibility index (Phi) is 3.55. The first-order valence-corrected chi connectivity index (χ1v) is 7.87. The molecule has 1 nitrogen and oxygen atoms in total. The van der Waals surface area contributed by atoms with Gasteiger partial charge in [0, 0.05) is 11.5 Å². The molecule has 1 unspecified atom stereocenters. The van der Waals surface area contributed by atoms with Gasteiger partial charge in [-0.15, -0.1) is 0 Å². The average Bonchev–Trinajstić information content (AvgIpc) is 2.37. The molecule has 20 heavy (non-hydrogen) atoms. The van der Waals surface area contributed by atoms with E-state index < -0.39 is 0 Å². The van der Waals surface area contributed by atoms with Crippen LogP contribution in [0.25, 0.3) is 10.8 Å². The van der Waals surface area contributed by atoms with Gasteiger partial charge in [0.05, 0.1) is 0 Å². The van der Waals surface area contributed by atoms with Gasteiger partial charge in [0.15, 0.2) is 0 Å². The van der Waals surface area contributed by atoms with E-state index in [1.54, 1.807) is 0 Å². The molecule has 3 rings (SSSR count). The first-order valence-electron chi connectivity index (χ1n) is 7.87. The van der Waals surface area contributed by atoms with Crippen molar-refractivity contribution < 1.29 is 0 Å². The van der Waals surface area contributed by atoms with Gasteiger partial charge in [0.1, 0.15) is 0 Å². The van der Waals surface area contributed by atoms with E-state index in [0.29, 0.717) is 5.92 Å². The number of nitrogens with two attached hydrogens (primary N) is 1. The highest BCUT2D eigenvalue weighted by Gasteiger charge is 2.44. The minimum atomic E-state index is 0.213. The number of benzene rings is 2. The molecule has 0 aliphatic heterocycles. The number of rotatable bonds is 4. The Morgan fingerprint density at radius 1 is 1.05 bits per heavy atom. The SMILES string of the molecule is CC(C)CC(N)C1(c2cccc3ccccc23)CCC1. The highest BCUT2D eigenvalue weighted by atomic mass is 14.7. The summed E-state index contributed by atoms with van der Waals surface area (Å²) in [6.07, 6.45) is 4.92. The molecule has 1 aliphatic carbocycles. The monoisotopic (exact) mass is 267 g/mol. The molecular weight excluding hydrogens is 242 g/mol. The van der Waals surface area contributed by atoms with Crippen molar-refractivity contribution in [3.8, 4) is 0 Å². The second-order valence-corrected chi connectivity index (χ2v) is 6.77. The highest BCUT2D eigenvalue weighted by molar-refractivity contribution is 5.87. The topological polar surface area (TPSA) is 26.0 Å². The molecule has 1 atom stereocenters. The third-order valence-electron chi connectivity index (χ3n) is 5.01. The van der Waals surface area contributed by atoms with E-state index in [9.17, 15) is 0 Å². The Morgan fingerprint density at radius 2 is 1.75 bits per heavy atom. The van der Waals surface area contributed by atoms with Crippen LogP contribution in [0.1, 0.15) is 45.1 Å². The smallest absolute Gasteiger partial charge is 0.0139 e. The Bertz CT molecular complexity index is 590. The van der Waals surface area contributed by atoms with Crippen LogP contribution in [0.5, 0.6) is 0 Å². The summed E-state index contributed by atoms with van der Waals surface area (Å²) in [6.45, 7) is 4.55. The molecule has 106 valence electrons. The van der Waals surface area contributed by atoms with Crippen molar-refractivity contribution in [1.82, 2.24) is 0 Å². The van der Waals surface area contributed by atoms with Gasteiger partial charge in [-0.05, 0) is 41.5 Å². The van der Waals surface area contributed by atoms with Crippen LogP contribution < -0.4 is 5.73 Å². The molecule has 2 aromatic carbocycles. The van der Waals surface area contributed by atoms with E-state index in [0.717, 1.165) is 6.42 Å². The summed E-state index contributed by atoms with van der Waals surface area (Å²) in [5, 5.41) is 2.74. The quantitative estimate of drug-likeness (QED) is 0.858. The van der Waals surface area contributed by atoms with E-state index in [1.807, 2.05) is 0 Å². The lowest BCUT2D eigenvalue weighted by atomic mass is 9.58. The molecule has 0 saturated heterocycles. The van der Waals surface area contributed by atoms with Crippen LogP contribution in [0.15, 0.2) is 42.5 Å². The second kappa shape index (κ2) is 5.21. The van der Waals surface area contributed by atoms with Crippen LogP contribution in [0, 0.1) is 5.92 Å². The molecule has 0 heterocycles. The summed E-state index contributed by atoms with van der Waals surface area (Å²) in [5.74, 6) is 0.664. The second-order valence-electron chi connectivity index (χ2n) is 6.77. The van der Waals surface area contributed by atoms with Crippen molar-refractivity contribution in [2.24, 2.45) is 11.7 Å². The minimum absolute atomic E-state index is 0.213. The maximum Gasteiger partial charge on any atom is 0.0139 e. The van der Waals surface area contributed by atoms with E-state index in [-0.39, 0.29) is 11.5 Å². The van der Waals surface area contributed by atoms with Crippen LogP contribution in [0.2, 0.25) is 0 Å². The summed E-state index contributed by atoms with van der Waals surface area (Å²) in [6, 6.07) is 15.7. The summed E-state index contributed by atoms with van der Waals surface area (Å²) in [7, 11) is 0. The molecule has 0 bridgehead atoms. The lowest BCUT2D eigenvalue weighted by Crippen LogP contribution is -2.51. The number of hydrogen-bond acceptors (Lipinski definition) is 1. The normalized spacial score (nSPS) is 19.0. The molecule has 0 radical (unpaired) electrons. The molecule has 1 aliphatic rings. The molecule has 0 spiro atoms. The van der Waals surface area contributed by atoms with Gasteiger partial charge in [0.25, 0.3) is 0 Å². The van der Waals surface area contributed by atoms with Crippen molar-refractivity contribution in [2.75, 3.05) is 0 Å². The summed E-state index contributed by atoms with van der Waals surface area (Å²) < 4.78 is 0. The summed E-state index contributed by atoms with van der Waals surface area (Å²) >= 11 is 0. The predicted molar refractivity (Wildman–Crippen MR) is 86.9 cm³/mol. The van der Waals surface area contributed by atoms with Crippen molar-refractivity contribution >= 4 is 10.8 Å². The fourth-order valence-electron chi connectivity index (χ4n) is 3.79. The van der Waals surface area contributed by atoms with Gasteiger partial charge in [-0.1, -0.05) is 62.7 Å². The average molecular weight is 267 g/mol. The largest absolute Gasteiger partial charge is 0.327 e. The number of hydrogen-bond donors (Lipinski definition) is 1. The zero-order chi connectivity index (χ0) is 14.2. The van der Waals surface area contributed by atoms with Gasteiger partial charge in [0.2, 0.25) is 0 Å². The first kappa shape index (κ1) is 13.6. The maximum atomic E-state index is 6.64. The summed E-state index contributed by atoms with van der Waals surface area (Å²) in [5.41, 5.74) is 8.33. The lowest BCUT2D eigenvalue weighted by molar-refractivity contribution is 0.180. The van der Waals surface area contributed by atoms with Crippen molar-refractivity contribution in [3.05, 3.63) is 48.0 Å². The van der Waals surface area contributed by atoms with Gasteiger partial charge in [-0.25, -0.2) is 0 Å². The molecule has 1 fully saturated rings. The zero-order valence-corrected chi connectivity index (χ0v) is 12.6. The minimum Gasteiger partial charge on any atom is -0.327 e. The molecule has 1 heteroatoms. The fraction of sp³-hybridized carbons (Fsp3) is 0.474. The number of fused-ring (bicyclic) bond motifs is 1. The lowest BCUT2D eigenvalue weighted by Gasteiger charge is -2.48. The Balaban J connectivity index is 2.07. The standard InChI is InChI=1S/C19H25N/c1-14(2)13-18(20)19(11-6-12-19)17-10-5-8-15-7-3-4-9-16(15)17/h3-5,7-10,14,18H,6,11-13,20H2,1-2H3. The van der Waals surface area contributed by atoms with Crippen molar-refractivity contribution in [1.29, 1.82) is 0 Å². The van der Waals surface area contributed by atoms with Crippen LogP contribution in [-0.4, -0.2) is 6.04 Å². The molecule has 0 amide bonds. The van der Waals surface area contributed by atoms with E-state index in [1.165, 1.54) is 35.6 Å². The van der Waals surface area contributed by atoms with E-state index in [2.05, 4.69) is 56.3 Å². The maximum absolute atomic E-state index is 6.64. The third-order valence-corrected chi connectivity index (χ3v) is 5.01. The van der Waals surface area contributed by atoms with Crippen LogP contribution in [-0.2, 0) is 5.41 Å². The van der Waals surface area contributed by atoms with Gasteiger partial charge in [-0.3, -0.25) is 0 Å². The highest BCUT2D eigenvalue weighted by Crippen LogP contribution is 2.49. The third kappa shape index (κ3) is 2.14. The molecule has 2 N–H and O–H groups in total. The Hall–Kier alpha value is -1.34. The van der Waals surface area contributed by atoms with E-state index in [4.69, 9.17) is 5.73 Å². The Morgan fingerprint density at radius 3 is 2.40 bits per heavy atom. The van der Waals surface area contributed by atoms with Crippen LogP contribution in [0.3, 0.4) is 0 Å². The fourth-order valence-corrected chi connectivity index (χ4v) is 3.79. The molecule has 0 aromatic heterocycles. The van der Waals surface area contributed by atoms with Crippen molar-refractivity contribution in [2.45, 2.75) is 51.0 Å². The van der Waals surface area contributed by atoms with Gasteiger partial charge >= 0.3 is 0 Å². The van der Waals surface area contributed by atoms with Crippen molar-refractivity contribution in [3.63, 3.8) is 0 Å². The predicted octanol–water partition coefficient (Wildman–Crippen LogP) is 4.63. The van der Waals surface area contributed by atoms with E-state index >= 15 is 0 Å². The molecule has 2 aromatic rings. The van der Waals surface area contributed by atoms with Crippen LogP contribution >= 0.6 is 0 Å². The zero-order valence-electron chi connectivity index (χ0n) is 12.6. The molecule has 1 saturated carbocycles. The first-order chi connectivity index (χ1) is 9.63.